The Labute approximate surface area is 108 Å². The molecule has 18 heavy (non-hydrogen) atoms. The summed E-state index contributed by atoms with van der Waals surface area (Å²) in [5.41, 5.74) is 0.0929. The normalized spacial score (nSPS) is 26.3. The van der Waals surface area contributed by atoms with Gasteiger partial charge in [0.05, 0.1) is 5.92 Å². The van der Waals surface area contributed by atoms with Gasteiger partial charge in [-0.05, 0) is 46.5 Å². The first-order valence-electron chi connectivity index (χ1n) is 6.73. The van der Waals surface area contributed by atoms with Gasteiger partial charge in [-0.1, -0.05) is 0 Å². The van der Waals surface area contributed by atoms with Crippen LogP contribution >= 0.6 is 0 Å². The van der Waals surface area contributed by atoms with E-state index in [0.29, 0.717) is 12.8 Å². The molecule has 0 aliphatic heterocycles. The van der Waals surface area contributed by atoms with E-state index in [1.807, 2.05) is 0 Å². The van der Waals surface area contributed by atoms with Gasteiger partial charge in [-0.25, -0.2) is 0 Å². The predicted octanol–water partition coefficient (Wildman–Crippen LogP) is 3.09. The Morgan fingerprint density at radius 3 is 1.94 bits per heavy atom. The van der Waals surface area contributed by atoms with Crippen molar-refractivity contribution < 1.29 is 13.2 Å². The van der Waals surface area contributed by atoms with Crippen molar-refractivity contribution in [3.63, 3.8) is 0 Å². The molecule has 1 aliphatic rings. The maximum Gasteiger partial charge on any atom is 0.391 e. The number of alkyl halides is 3. The van der Waals surface area contributed by atoms with E-state index >= 15 is 0 Å². The summed E-state index contributed by atoms with van der Waals surface area (Å²) >= 11 is 0. The van der Waals surface area contributed by atoms with Crippen LogP contribution in [0.25, 0.3) is 0 Å². The zero-order chi connectivity index (χ0) is 13.8. The second-order valence-corrected chi connectivity index (χ2v) is 6.22. The Morgan fingerprint density at radius 2 is 1.50 bits per heavy atom. The smallest absolute Gasteiger partial charge is 0.313 e. The van der Waals surface area contributed by atoms with Crippen LogP contribution in [0.4, 0.5) is 13.2 Å². The van der Waals surface area contributed by atoms with Gasteiger partial charge in [0.2, 0.25) is 0 Å². The van der Waals surface area contributed by atoms with E-state index in [4.69, 9.17) is 0 Å². The Morgan fingerprint density at radius 1 is 0.944 bits per heavy atom. The fourth-order valence-electron chi connectivity index (χ4n) is 2.34. The van der Waals surface area contributed by atoms with Crippen molar-refractivity contribution in [2.45, 2.75) is 64.2 Å². The van der Waals surface area contributed by atoms with Crippen molar-refractivity contribution in [1.82, 2.24) is 10.6 Å². The van der Waals surface area contributed by atoms with Crippen LogP contribution < -0.4 is 10.6 Å². The molecule has 0 bridgehead atoms. The molecule has 1 aliphatic carbocycles. The van der Waals surface area contributed by atoms with E-state index in [2.05, 4.69) is 31.4 Å². The lowest BCUT2D eigenvalue weighted by Gasteiger charge is -2.30. The number of nitrogens with one attached hydrogen (secondary N) is 2. The molecule has 0 aromatic rings. The lowest BCUT2D eigenvalue weighted by Crippen LogP contribution is -2.43. The van der Waals surface area contributed by atoms with Crippen LogP contribution in [0.15, 0.2) is 0 Å². The molecule has 0 unspecified atom stereocenters. The van der Waals surface area contributed by atoms with Crippen molar-refractivity contribution in [1.29, 1.82) is 0 Å². The van der Waals surface area contributed by atoms with Crippen LogP contribution in [-0.2, 0) is 0 Å². The van der Waals surface area contributed by atoms with Gasteiger partial charge in [0.15, 0.2) is 0 Å². The fourth-order valence-corrected chi connectivity index (χ4v) is 2.34. The summed E-state index contributed by atoms with van der Waals surface area (Å²) in [6.45, 7) is 7.96. The predicted molar refractivity (Wildman–Crippen MR) is 67.6 cm³/mol. The third-order valence-electron chi connectivity index (χ3n) is 3.40. The van der Waals surface area contributed by atoms with Crippen molar-refractivity contribution >= 4 is 0 Å². The van der Waals surface area contributed by atoms with E-state index in [0.717, 1.165) is 13.1 Å². The van der Waals surface area contributed by atoms with E-state index in [1.54, 1.807) is 0 Å². The third-order valence-corrected chi connectivity index (χ3v) is 3.40. The van der Waals surface area contributed by atoms with Crippen molar-refractivity contribution in [2.75, 3.05) is 13.1 Å². The lowest BCUT2D eigenvalue weighted by atomic mass is 9.85. The molecule has 0 atom stereocenters. The second-order valence-electron chi connectivity index (χ2n) is 6.22. The zero-order valence-electron chi connectivity index (χ0n) is 11.5. The fraction of sp³-hybridized carbons (Fsp3) is 1.00. The highest BCUT2D eigenvalue weighted by molar-refractivity contribution is 4.81. The van der Waals surface area contributed by atoms with Crippen molar-refractivity contribution in [2.24, 2.45) is 5.92 Å². The first-order chi connectivity index (χ1) is 8.18. The second kappa shape index (κ2) is 6.24. The molecule has 0 aromatic carbocycles. The molecule has 2 N–H and O–H groups in total. The van der Waals surface area contributed by atoms with Gasteiger partial charge >= 0.3 is 6.18 Å². The van der Waals surface area contributed by atoms with Crippen LogP contribution in [0.1, 0.15) is 46.5 Å². The molecule has 1 rings (SSSR count). The first kappa shape index (κ1) is 15.8. The molecule has 0 aromatic heterocycles. The number of hydrogen-bond acceptors (Lipinski definition) is 2. The molecule has 0 radical (unpaired) electrons. The molecule has 108 valence electrons. The molecule has 1 fully saturated rings. The van der Waals surface area contributed by atoms with Crippen molar-refractivity contribution in [3.8, 4) is 0 Å². The van der Waals surface area contributed by atoms with Gasteiger partial charge in [0.25, 0.3) is 0 Å². The summed E-state index contributed by atoms with van der Waals surface area (Å²) in [4.78, 5) is 0. The summed E-state index contributed by atoms with van der Waals surface area (Å²) in [6.07, 6.45) is -2.18. The molecular formula is C13H25F3N2. The average molecular weight is 266 g/mol. The lowest BCUT2D eigenvalue weighted by molar-refractivity contribution is -0.182. The molecule has 0 saturated heterocycles. The molecule has 0 heterocycles. The Balaban J connectivity index is 2.13. The maximum absolute atomic E-state index is 12.5. The van der Waals surface area contributed by atoms with Gasteiger partial charge in [-0.3, -0.25) is 0 Å². The highest BCUT2D eigenvalue weighted by atomic mass is 19.4. The van der Waals surface area contributed by atoms with Crippen molar-refractivity contribution in [3.05, 3.63) is 0 Å². The highest BCUT2D eigenvalue weighted by Crippen LogP contribution is 2.37. The average Bonchev–Trinajstić information content (AvgIpc) is 2.22. The highest BCUT2D eigenvalue weighted by Gasteiger charge is 2.41. The Kier molecular flexibility index (Phi) is 5.46. The van der Waals surface area contributed by atoms with Gasteiger partial charge in [0, 0.05) is 24.7 Å². The van der Waals surface area contributed by atoms with Crippen LogP contribution in [0, 0.1) is 5.92 Å². The quantitative estimate of drug-likeness (QED) is 0.764. The van der Waals surface area contributed by atoms with Gasteiger partial charge < -0.3 is 10.6 Å². The summed E-state index contributed by atoms with van der Waals surface area (Å²) in [5.74, 6) is -1.08. The summed E-state index contributed by atoms with van der Waals surface area (Å²) in [7, 11) is 0. The van der Waals surface area contributed by atoms with Gasteiger partial charge in [-0.15, -0.1) is 0 Å². The van der Waals surface area contributed by atoms with Gasteiger partial charge in [0.1, 0.15) is 0 Å². The monoisotopic (exact) mass is 266 g/mol. The van der Waals surface area contributed by atoms with E-state index in [9.17, 15) is 13.2 Å². The van der Waals surface area contributed by atoms with Crippen LogP contribution in [0.3, 0.4) is 0 Å². The first-order valence-corrected chi connectivity index (χ1v) is 6.73. The standard InChI is InChI=1S/C13H25F3N2/c1-12(2,3)18-9-8-17-11-6-4-10(5-7-11)13(14,15)16/h10-11,17-18H,4-9H2,1-3H3. The Hall–Kier alpha value is -0.290. The summed E-state index contributed by atoms with van der Waals surface area (Å²) in [5, 5.41) is 6.69. The zero-order valence-corrected chi connectivity index (χ0v) is 11.5. The maximum atomic E-state index is 12.5. The number of halogens is 3. The molecular weight excluding hydrogens is 241 g/mol. The SMILES string of the molecule is CC(C)(C)NCCNC1CCC(C(F)(F)F)CC1. The van der Waals surface area contributed by atoms with Crippen LogP contribution in [0.2, 0.25) is 0 Å². The number of hydrogen-bond donors (Lipinski definition) is 2. The van der Waals surface area contributed by atoms with E-state index < -0.39 is 12.1 Å². The topological polar surface area (TPSA) is 24.1 Å². The summed E-state index contributed by atoms with van der Waals surface area (Å²) in [6, 6.07) is 0.255. The molecule has 0 amide bonds. The number of rotatable bonds is 4. The Bertz CT molecular complexity index is 238. The molecule has 1 saturated carbocycles. The van der Waals surface area contributed by atoms with E-state index in [-0.39, 0.29) is 24.4 Å². The minimum Gasteiger partial charge on any atom is -0.313 e. The largest absolute Gasteiger partial charge is 0.391 e. The summed E-state index contributed by atoms with van der Waals surface area (Å²) < 4.78 is 37.4. The molecule has 5 heteroatoms. The third kappa shape index (κ3) is 6.05. The minimum atomic E-state index is -4.00. The van der Waals surface area contributed by atoms with Crippen LogP contribution in [0.5, 0.6) is 0 Å². The van der Waals surface area contributed by atoms with Gasteiger partial charge in [-0.2, -0.15) is 13.2 Å². The molecule has 0 spiro atoms. The van der Waals surface area contributed by atoms with E-state index in [1.165, 1.54) is 0 Å². The minimum absolute atomic E-state index is 0.0929. The molecule has 2 nitrogen and oxygen atoms in total. The van der Waals surface area contributed by atoms with Crippen LogP contribution in [-0.4, -0.2) is 30.8 Å².